The highest BCUT2D eigenvalue weighted by molar-refractivity contribution is 5.30. The van der Waals surface area contributed by atoms with Gasteiger partial charge in [-0.1, -0.05) is 0 Å². The van der Waals surface area contributed by atoms with Crippen LogP contribution in [0.2, 0.25) is 0 Å². The first-order chi connectivity index (χ1) is 7.78. The highest BCUT2D eigenvalue weighted by Crippen LogP contribution is 2.20. The highest BCUT2D eigenvalue weighted by atomic mass is 19.1. The number of phenols is 1. The fourth-order valence-corrected chi connectivity index (χ4v) is 1.78. The Morgan fingerprint density at radius 3 is 2.62 bits per heavy atom. The molecule has 0 aromatic heterocycles. The van der Waals surface area contributed by atoms with Gasteiger partial charge >= 0.3 is 0 Å². The van der Waals surface area contributed by atoms with Crippen molar-refractivity contribution in [2.24, 2.45) is 0 Å². The molecule has 4 heteroatoms. The molecule has 1 aliphatic heterocycles. The van der Waals surface area contributed by atoms with Crippen molar-refractivity contribution in [3.63, 3.8) is 0 Å². The Morgan fingerprint density at radius 1 is 1.31 bits per heavy atom. The molecule has 1 aromatic rings. The predicted octanol–water partition coefficient (Wildman–Crippen LogP) is 1.81. The number of hydrogen-bond donors (Lipinski definition) is 1. The van der Waals surface area contributed by atoms with Crippen molar-refractivity contribution in [3.8, 4) is 11.5 Å². The second kappa shape index (κ2) is 5.16. The third kappa shape index (κ3) is 2.85. The standard InChI is InChI=1S/C12H16FNO2/c13-6-1-7-14-8-12(9-14)16-11-4-2-10(15)3-5-11/h2-5,12,15H,1,6-9H2. The Morgan fingerprint density at radius 2 is 2.00 bits per heavy atom. The predicted molar refractivity (Wildman–Crippen MR) is 59.6 cm³/mol. The molecule has 1 fully saturated rings. The molecular formula is C12H16FNO2. The van der Waals surface area contributed by atoms with E-state index in [1.165, 1.54) is 0 Å². The minimum Gasteiger partial charge on any atom is -0.508 e. The van der Waals surface area contributed by atoms with Gasteiger partial charge < -0.3 is 9.84 Å². The number of ether oxygens (including phenoxy) is 1. The van der Waals surface area contributed by atoms with Crippen molar-refractivity contribution < 1.29 is 14.2 Å². The zero-order chi connectivity index (χ0) is 11.4. The summed E-state index contributed by atoms with van der Waals surface area (Å²) in [5.74, 6) is 1.01. The van der Waals surface area contributed by atoms with Crippen molar-refractivity contribution in [2.45, 2.75) is 12.5 Å². The van der Waals surface area contributed by atoms with Crippen LogP contribution >= 0.6 is 0 Å². The van der Waals surface area contributed by atoms with Gasteiger partial charge in [0.05, 0.1) is 6.67 Å². The van der Waals surface area contributed by atoms with Gasteiger partial charge in [-0.2, -0.15) is 0 Å². The van der Waals surface area contributed by atoms with E-state index in [4.69, 9.17) is 9.84 Å². The van der Waals surface area contributed by atoms with Gasteiger partial charge in [-0.15, -0.1) is 0 Å². The van der Waals surface area contributed by atoms with Crippen LogP contribution in [0.25, 0.3) is 0 Å². The van der Waals surface area contributed by atoms with Crippen LogP contribution in [0.3, 0.4) is 0 Å². The van der Waals surface area contributed by atoms with Gasteiger partial charge in [-0.25, -0.2) is 0 Å². The van der Waals surface area contributed by atoms with Crippen molar-refractivity contribution in [2.75, 3.05) is 26.3 Å². The lowest BCUT2D eigenvalue weighted by Gasteiger charge is -2.38. The lowest BCUT2D eigenvalue weighted by atomic mass is 10.1. The number of rotatable bonds is 5. The fourth-order valence-electron chi connectivity index (χ4n) is 1.78. The molecule has 0 radical (unpaired) electrons. The van der Waals surface area contributed by atoms with Gasteiger partial charge in [0.1, 0.15) is 17.6 Å². The van der Waals surface area contributed by atoms with E-state index >= 15 is 0 Å². The number of alkyl halides is 1. The Bertz CT molecular complexity index is 322. The number of halogens is 1. The Labute approximate surface area is 94.4 Å². The summed E-state index contributed by atoms with van der Waals surface area (Å²) in [7, 11) is 0. The molecule has 1 heterocycles. The third-order valence-electron chi connectivity index (χ3n) is 2.67. The molecular weight excluding hydrogens is 209 g/mol. The quantitative estimate of drug-likeness (QED) is 0.829. The van der Waals surface area contributed by atoms with Crippen LogP contribution < -0.4 is 4.74 Å². The minimum atomic E-state index is -0.250. The van der Waals surface area contributed by atoms with Crippen molar-refractivity contribution >= 4 is 0 Å². The number of benzene rings is 1. The first-order valence-corrected chi connectivity index (χ1v) is 5.52. The number of likely N-dealkylation sites (tertiary alicyclic amines) is 1. The van der Waals surface area contributed by atoms with Crippen LogP contribution in [-0.2, 0) is 0 Å². The smallest absolute Gasteiger partial charge is 0.124 e. The van der Waals surface area contributed by atoms with Crippen molar-refractivity contribution in [3.05, 3.63) is 24.3 Å². The topological polar surface area (TPSA) is 32.7 Å². The lowest BCUT2D eigenvalue weighted by Crippen LogP contribution is -2.53. The first kappa shape index (κ1) is 11.2. The zero-order valence-corrected chi connectivity index (χ0v) is 9.10. The summed E-state index contributed by atoms with van der Waals surface area (Å²) in [6.45, 7) is 2.29. The average molecular weight is 225 g/mol. The van der Waals surface area contributed by atoms with Gasteiger partial charge in [-0.3, -0.25) is 9.29 Å². The van der Waals surface area contributed by atoms with Crippen LogP contribution in [0.1, 0.15) is 6.42 Å². The van der Waals surface area contributed by atoms with E-state index in [2.05, 4.69) is 4.90 Å². The summed E-state index contributed by atoms with van der Waals surface area (Å²) in [5.41, 5.74) is 0. The Balaban J connectivity index is 1.71. The van der Waals surface area contributed by atoms with Crippen LogP contribution in [-0.4, -0.2) is 42.4 Å². The van der Waals surface area contributed by atoms with E-state index in [9.17, 15) is 4.39 Å². The van der Waals surface area contributed by atoms with E-state index in [1.54, 1.807) is 24.3 Å². The lowest BCUT2D eigenvalue weighted by molar-refractivity contribution is 0.0184. The van der Waals surface area contributed by atoms with Gasteiger partial charge in [0.25, 0.3) is 0 Å². The van der Waals surface area contributed by atoms with Crippen LogP contribution in [0.15, 0.2) is 24.3 Å². The largest absolute Gasteiger partial charge is 0.508 e. The molecule has 3 nitrogen and oxygen atoms in total. The number of hydrogen-bond acceptors (Lipinski definition) is 3. The van der Waals surface area contributed by atoms with Gasteiger partial charge in [0.15, 0.2) is 0 Å². The Hall–Kier alpha value is -1.29. The minimum absolute atomic E-state index is 0.198. The van der Waals surface area contributed by atoms with E-state index in [-0.39, 0.29) is 18.5 Å². The van der Waals surface area contributed by atoms with E-state index in [0.29, 0.717) is 6.42 Å². The number of nitrogens with zero attached hydrogens (tertiary/aromatic N) is 1. The Kier molecular flexibility index (Phi) is 3.62. The molecule has 1 N–H and O–H groups in total. The highest BCUT2D eigenvalue weighted by Gasteiger charge is 2.27. The van der Waals surface area contributed by atoms with Gasteiger partial charge in [0, 0.05) is 19.6 Å². The molecule has 0 bridgehead atoms. The monoisotopic (exact) mass is 225 g/mol. The van der Waals surface area contributed by atoms with E-state index in [1.807, 2.05) is 0 Å². The number of phenolic OH excluding ortho intramolecular Hbond substituents is 1. The molecule has 0 aliphatic carbocycles. The summed E-state index contributed by atoms with van der Waals surface area (Å²) in [4.78, 5) is 2.17. The molecule has 1 aromatic carbocycles. The van der Waals surface area contributed by atoms with Crippen LogP contribution in [0.4, 0.5) is 4.39 Å². The maximum atomic E-state index is 11.9. The first-order valence-electron chi connectivity index (χ1n) is 5.52. The van der Waals surface area contributed by atoms with Crippen molar-refractivity contribution in [1.82, 2.24) is 4.90 Å². The van der Waals surface area contributed by atoms with Gasteiger partial charge in [-0.05, 0) is 30.7 Å². The molecule has 88 valence electrons. The normalized spacial score (nSPS) is 17.1. The van der Waals surface area contributed by atoms with E-state index in [0.717, 1.165) is 25.4 Å². The van der Waals surface area contributed by atoms with Crippen LogP contribution in [0.5, 0.6) is 11.5 Å². The third-order valence-corrected chi connectivity index (χ3v) is 2.67. The van der Waals surface area contributed by atoms with Gasteiger partial charge in [0.2, 0.25) is 0 Å². The summed E-state index contributed by atoms with van der Waals surface area (Å²) >= 11 is 0. The molecule has 0 atom stereocenters. The molecule has 0 saturated carbocycles. The fraction of sp³-hybridized carbons (Fsp3) is 0.500. The molecule has 0 amide bonds. The number of aromatic hydroxyl groups is 1. The molecule has 16 heavy (non-hydrogen) atoms. The zero-order valence-electron chi connectivity index (χ0n) is 9.10. The summed E-state index contributed by atoms with van der Waals surface area (Å²) < 4.78 is 17.6. The molecule has 0 spiro atoms. The summed E-state index contributed by atoms with van der Waals surface area (Å²) in [6.07, 6.45) is 0.801. The maximum Gasteiger partial charge on any atom is 0.124 e. The average Bonchev–Trinajstić information content (AvgIpc) is 2.24. The maximum absolute atomic E-state index is 11.9. The van der Waals surface area contributed by atoms with Crippen molar-refractivity contribution in [1.29, 1.82) is 0 Å². The van der Waals surface area contributed by atoms with Crippen LogP contribution in [0, 0.1) is 0 Å². The second-order valence-electron chi connectivity index (χ2n) is 4.04. The second-order valence-corrected chi connectivity index (χ2v) is 4.04. The molecule has 1 saturated heterocycles. The summed E-state index contributed by atoms with van der Waals surface area (Å²) in [5, 5.41) is 9.10. The molecule has 0 unspecified atom stereocenters. The SMILES string of the molecule is Oc1ccc(OC2CN(CCCF)C2)cc1. The summed E-state index contributed by atoms with van der Waals surface area (Å²) in [6, 6.07) is 6.71. The van der Waals surface area contributed by atoms with E-state index < -0.39 is 0 Å². The molecule has 1 aliphatic rings. The molecule has 2 rings (SSSR count).